The van der Waals surface area contributed by atoms with Gasteiger partial charge in [0.05, 0.1) is 5.69 Å². The Hall–Kier alpha value is -1.63. The molecule has 0 bridgehead atoms. The first-order valence-electron chi connectivity index (χ1n) is 4.53. The largest absolute Gasteiger partial charge is 0.480 e. The summed E-state index contributed by atoms with van der Waals surface area (Å²) in [6, 6.07) is 0. The molecule has 0 aromatic carbocycles. The highest BCUT2D eigenvalue weighted by atomic mass is 32.1. The first kappa shape index (κ1) is 12.4. The van der Waals surface area contributed by atoms with Crippen LogP contribution < -0.4 is 11.1 Å². The molecule has 1 aromatic heterocycles. The van der Waals surface area contributed by atoms with Gasteiger partial charge < -0.3 is 16.2 Å². The van der Waals surface area contributed by atoms with E-state index in [2.05, 4.69) is 10.3 Å². The van der Waals surface area contributed by atoms with E-state index in [0.29, 0.717) is 10.6 Å². The number of rotatable bonds is 3. The van der Waals surface area contributed by atoms with Crippen LogP contribution in [0.4, 0.5) is 5.13 Å². The third kappa shape index (κ3) is 2.48. The number of aromatic nitrogens is 1. The Balaban J connectivity index is 2.89. The van der Waals surface area contributed by atoms with E-state index in [9.17, 15) is 9.59 Å². The van der Waals surface area contributed by atoms with E-state index >= 15 is 0 Å². The van der Waals surface area contributed by atoms with Gasteiger partial charge in [-0.2, -0.15) is 0 Å². The Labute approximate surface area is 96.5 Å². The van der Waals surface area contributed by atoms with E-state index < -0.39 is 17.4 Å². The predicted octanol–water partition coefficient (Wildman–Crippen LogP) is 0.627. The van der Waals surface area contributed by atoms with Crippen LogP contribution in [0.5, 0.6) is 0 Å². The van der Waals surface area contributed by atoms with Crippen LogP contribution in [-0.4, -0.2) is 27.5 Å². The van der Waals surface area contributed by atoms with E-state index in [4.69, 9.17) is 10.8 Å². The molecule has 7 heteroatoms. The quantitative estimate of drug-likeness (QED) is 0.722. The molecular formula is C9H13N3O3S. The maximum atomic E-state index is 11.7. The van der Waals surface area contributed by atoms with Gasteiger partial charge in [-0.25, -0.2) is 9.78 Å². The molecule has 1 heterocycles. The Morgan fingerprint density at radius 2 is 2.06 bits per heavy atom. The van der Waals surface area contributed by atoms with Gasteiger partial charge in [-0.1, -0.05) is 11.3 Å². The first-order valence-corrected chi connectivity index (χ1v) is 5.34. The summed E-state index contributed by atoms with van der Waals surface area (Å²) < 4.78 is 0. The maximum Gasteiger partial charge on any atom is 0.328 e. The molecule has 1 amide bonds. The van der Waals surface area contributed by atoms with Crippen LogP contribution in [0.1, 0.15) is 29.2 Å². The monoisotopic (exact) mass is 243 g/mol. The van der Waals surface area contributed by atoms with Crippen molar-refractivity contribution in [2.24, 2.45) is 0 Å². The summed E-state index contributed by atoms with van der Waals surface area (Å²) in [4.78, 5) is 26.8. The van der Waals surface area contributed by atoms with E-state index in [1.807, 2.05) is 0 Å². The molecule has 0 saturated heterocycles. The first-order chi connectivity index (χ1) is 7.24. The third-order valence-electron chi connectivity index (χ3n) is 1.98. The lowest BCUT2D eigenvalue weighted by Crippen LogP contribution is -2.49. The van der Waals surface area contributed by atoms with Crippen molar-refractivity contribution in [2.75, 3.05) is 5.73 Å². The number of aliphatic carboxylic acids is 1. The molecule has 0 atom stereocenters. The van der Waals surface area contributed by atoms with Gasteiger partial charge in [0, 0.05) is 0 Å². The molecule has 0 aliphatic carbocycles. The van der Waals surface area contributed by atoms with Crippen molar-refractivity contribution in [3.8, 4) is 0 Å². The summed E-state index contributed by atoms with van der Waals surface area (Å²) in [6.45, 7) is 4.47. The number of carbonyl (C=O) groups excluding carboxylic acids is 1. The molecule has 16 heavy (non-hydrogen) atoms. The molecule has 6 nitrogen and oxygen atoms in total. The van der Waals surface area contributed by atoms with Crippen LogP contribution in [0, 0.1) is 6.92 Å². The molecule has 0 radical (unpaired) electrons. The summed E-state index contributed by atoms with van der Waals surface area (Å²) >= 11 is 1.04. The van der Waals surface area contributed by atoms with Crippen LogP contribution in [-0.2, 0) is 4.79 Å². The van der Waals surface area contributed by atoms with Crippen LogP contribution in [0.25, 0.3) is 0 Å². The minimum Gasteiger partial charge on any atom is -0.480 e. The number of nitrogens with zero attached hydrogens (tertiary/aromatic N) is 1. The van der Waals surface area contributed by atoms with Crippen LogP contribution in [0.2, 0.25) is 0 Å². The predicted molar refractivity (Wildman–Crippen MR) is 60.4 cm³/mol. The Morgan fingerprint density at radius 1 is 1.50 bits per heavy atom. The van der Waals surface area contributed by atoms with Crippen molar-refractivity contribution in [1.82, 2.24) is 10.3 Å². The molecule has 0 aliphatic heterocycles. The molecule has 0 saturated carbocycles. The highest BCUT2D eigenvalue weighted by Crippen LogP contribution is 2.20. The molecular weight excluding hydrogens is 230 g/mol. The number of carboxylic acid groups (broad SMARTS) is 1. The van der Waals surface area contributed by atoms with Crippen LogP contribution in [0.15, 0.2) is 0 Å². The van der Waals surface area contributed by atoms with Gasteiger partial charge in [-0.05, 0) is 20.8 Å². The molecule has 1 aromatic rings. The van der Waals surface area contributed by atoms with E-state index in [-0.39, 0.29) is 5.13 Å². The van der Waals surface area contributed by atoms with Gasteiger partial charge in [0.15, 0.2) is 5.13 Å². The molecule has 0 aliphatic rings. The van der Waals surface area contributed by atoms with Crippen molar-refractivity contribution in [2.45, 2.75) is 26.3 Å². The van der Waals surface area contributed by atoms with Gasteiger partial charge in [0.25, 0.3) is 5.91 Å². The number of carbonyl (C=O) groups is 2. The lowest BCUT2D eigenvalue weighted by atomic mass is 10.1. The Kier molecular flexibility index (Phi) is 3.18. The second kappa shape index (κ2) is 4.09. The number of carboxylic acids is 1. The zero-order chi connectivity index (χ0) is 12.5. The topological polar surface area (TPSA) is 105 Å². The van der Waals surface area contributed by atoms with Crippen LogP contribution in [0.3, 0.4) is 0 Å². The van der Waals surface area contributed by atoms with Gasteiger partial charge in [-0.15, -0.1) is 0 Å². The highest BCUT2D eigenvalue weighted by Gasteiger charge is 2.30. The fourth-order valence-corrected chi connectivity index (χ4v) is 1.75. The minimum absolute atomic E-state index is 0.288. The summed E-state index contributed by atoms with van der Waals surface area (Å²) in [5.41, 5.74) is 4.64. The standard InChI is InChI=1S/C9H13N3O3S/c1-4-5(16-8(10)11-4)6(13)12-9(2,3)7(14)15/h1-3H3,(H2,10,11)(H,12,13)(H,14,15). The zero-order valence-electron chi connectivity index (χ0n) is 9.20. The van der Waals surface area contributed by atoms with Crippen molar-refractivity contribution in [3.63, 3.8) is 0 Å². The number of thiazole rings is 1. The molecule has 1 rings (SSSR count). The number of anilines is 1. The van der Waals surface area contributed by atoms with Gasteiger partial charge in [0.2, 0.25) is 0 Å². The SMILES string of the molecule is Cc1nc(N)sc1C(=O)NC(C)(C)C(=O)O. The summed E-state index contributed by atoms with van der Waals surface area (Å²) in [5, 5.41) is 11.6. The number of hydrogen-bond donors (Lipinski definition) is 3. The van der Waals surface area contributed by atoms with Gasteiger partial charge in [-0.3, -0.25) is 4.79 Å². The summed E-state index contributed by atoms with van der Waals surface area (Å²) in [5.74, 6) is -1.57. The maximum absolute atomic E-state index is 11.7. The molecule has 0 spiro atoms. The van der Waals surface area contributed by atoms with Crippen molar-refractivity contribution >= 4 is 28.3 Å². The minimum atomic E-state index is -1.32. The Bertz CT molecular complexity index is 439. The van der Waals surface area contributed by atoms with E-state index in [1.54, 1.807) is 6.92 Å². The lowest BCUT2D eigenvalue weighted by molar-refractivity contribution is -0.143. The average molecular weight is 243 g/mol. The smallest absolute Gasteiger partial charge is 0.328 e. The van der Waals surface area contributed by atoms with Crippen LogP contribution >= 0.6 is 11.3 Å². The number of nitrogens with one attached hydrogen (secondary N) is 1. The summed E-state index contributed by atoms with van der Waals surface area (Å²) in [7, 11) is 0. The second-order valence-electron chi connectivity index (χ2n) is 3.85. The highest BCUT2D eigenvalue weighted by molar-refractivity contribution is 7.17. The Morgan fingerprint density at radius 3 is 2.44 bits per heavy atom. The molecule has 0 fully saturated rings. The summed E-state index contributed by atoms with van der Waals surface area (Å²) in [6.07, 6.45) is 0. The molecule has 0 unspecified atom stereocenters. The zero-order valence-corrected chi connectivity index (χ0v) is 10.0. The van der Waals surface area contributed by atoms with Crippen molar-refractivity contribution in [1.29, 1.82) is 0 Å². The number of hydrogen-bond acceptors (Lipinski definition) is 5. The number of aryl methyl sites for hydroxylation is 1. The lowest BCUT2D eigenvalue weighted by Gasteiger charge is -2.20. The second-order valence-corrected chi connectivity index (χ2v) is 4.88. The van der Waals surface area contributed by atoms with E-state index in [0.717, 1.165) is 11.3 Å². The van der Waals surface area contributed by atoms with Crippen molar-refractivity contribution in [3.05, 3.63) is 10.6 Å². The average Bonchev–Trinajstić information content (AvgIpc) is 2.44. The fourth-order valence-electron chi connectivity index (χ4n) is 1.02. The fraction of sp³-hybridized carbons (Fsp3) is 0.444. The third-order valence-corrected chi connectivity index (χ3v) is 2.97. The number of nitrogens with two attached hydrogens (primary N) is 1. The number of amides is 1. The van der Waals surface area contributed by atoms with Gasteiger partial charge in [0.1, 0.15) is 10.4 Å². The molecule has 88 valence electrons. The van der Waals surface area contributed by atoms with E-state index in [1.165, 1.54) is 13.8 Å². The normalized spacial score (nSPS) is 11.2. The number of nitrogen functional groups attached to an aromatic ring is 1. The van der Waals surface area contributed by atoms with Crippen molar-refractivity contribution < 1.29 is 14.7 Å². The van der Waals surface area contributed by atoms with Gasteiger partial charge >= 0.3 is 5.97 Å². The molecule has 4 N–H and O–H groups in total.